The minimum atomic E-state index is -3.24. The number of ether oxygens (including phenoxy) is 1. The summed E-state index contributed by atoms with van der Waals surface area (Å²) in [6, 6.07) is 0. The number of aromatic nitrogens is 2. The molecule has 0 radical (unpaired) electrons. The molecule has 2 saturated carbocycles. The minimum Gasteiger partial charge on any atom is -0.461 e. The summed E-state index contributed by atoms with van der Waals surface area (Å²) in [5, 5.41) is 3.93. The Morgan fingerprint density at radius 1 is 1.32 bits per heavy atom. The van der Waals surface area contributed by atoms with Gasteiger partial charge >= 0.3 is 5.97 Å². The molecule has 0 saturated heterocycles. The van der Waals surface area contributed by atoms with Crippen molar-refractivity contribution in [2.75, 3.05) is 19.7 Å². The van der Waals surface area contributed by atoms with Gasteiger partial charge in [-0.2, -0.15) is 5.10 Å². The first-order chi connectivity index (χ1) is 13.2. The van der Waals surface area contributed by atoms with Gasteiger partial charge in [0.25, 0.3) is 5.91 Å². The largest absolute Gasteiger partial charge is 0.461 e. The lowest BCUT2D eigenvalue weighted by Crippen LogP contribution is -2.50. The van der Waals surface area contributed by atoms with E-state index in [1.807, 2.05) is 0 Å². The number of aryl methyl sites for hydroxylation is 1. The van der Waals surface area contributed by atoms with E-state index >= 15 is 0 Å². The molecule has 1 aromatic rings. The molecular weight excluding hydrogens is 382 g/mol. The second-order valence-corrected chi connectivity index (χ2v) is 11.0. The minimum absolute atomic E-state index is 0.185. The Kier molecular flexibility index (Phi) is 4.56. The van der Waals surface area contributed by atoms with Crippen LogP contribution >= 0.6 is 0 Å². The predicted molar refractivity (Wildman–Crippen MR) is 102 cm³/mol. The Hall–Kier alpha value is -1.90. The lowest BCUT2D eigenvalue weighted by Gasteiger charge is -2.37. The van der Waals surface area contributed by atoms with Gasteiger partial charge < -0.3 is 9.64 Å². The fourth-order valence-corrected chi connectivity index (χ4v) is 7.42. The molecule has 2 heterocycles. The standard InChI is InChI=1S/C19H27N3O5S/c1-4-27-18(24)15-14-5-8-22(17(23)16(14)21(3)20-15)11-19(6-7-19)28(25,26)13-9-12(2)10-13/h12-13H,4-11H2,1-3H3. The van der Waals surface area contributed by atoms with Crippen molar-refractivity contribution in [2.45, 2.75) is 55.9 Å². The van der Waals surface area contributed by atoms with Crippen molar-refractivity contribution < 1.29 is 22.7 Å². The van der Waals surface area contributed by atoms with Gasteiger partial charge in [-0.25, -0.2) is 13.2 Å². The van der Waals surface area contributed by atoms with E-state index in [1.54, 1.807) is 18.9 Å². The van der Waals surface area contributed by atoms with Crippen molar-refractivity contribution in [3.63, 3.8) is 0 Å². The van der Waals surface area contributed by atoms with Crippen LogP contribution in [-0.4, -0.2) is 64.7 Å². The summed E-state index contributed by atoms with van der Waals surface area (Å²) in [6.07, 6.45) is 3.17. The van der Waals surface area contributed by atoms with Crippen molar-refractivity contribution in [3.8, 4) is 0 Å². The predicted octanol–water partition coefficient (Wildman–Crippen LogP) is 1.34. The maximum absolute atomic E-state index is 13.1. The van der Waals surface area contributed by atoms with Crippen molar-refractivity contribution >= 4 is 21.7 Å². The maximum atomic E-state index is 13.1. The molecule has 1 amide bonds. The van der Waals surface area contributed by atoms with E-state index in [9.17, 15) is 18.0 Å². The molecule has 3 aliphatic rings. The van der Waals surface area contributed by atoms with Crippen molar-refractivity contribution in [1.82, 2.24) is 14.7 Å². The van der Waals surface area contributed by atoms with Crippen LogP contribution in [0.1, 0.15) is 66.1 Å². The molecule has 0 atom stereocenters. The summed E-state index contributed by atoms with van der Waals surface area (Å²) in [7, 11) is -1.61. The monoisotopic (exact) mass is 409 g/mol. The summed E-state index contributed by atoms with van der Waals surface area (Å²) in [5.41, 5.74) is 1.15. The fourth-order valence-electron chi connectivity index (χ4n) is 4.54. The Balaban J connectivity index is 1.55. The van der Waals surface area contributed by atoms with Crippen LogP contribution in [0, 0.1) is 5.92 Å². The molecule has 0 aromatic carbocycles. The molecule has 2 aliphatic carbocycles. The molecule has 28 heavy (non-hydrogen) atoms. The zero-order valence-corrected chi connectivity index (χ0v) is 17.4. The van der Waals surface area contributed by atoms with Gasteiger partial charge in [-0.1, -0.05) is 6.92 Å². The van der Waals surface area contributed by atoms with Crippen LogP contribution in [0.25, 0.3) is 0 Å². The zero-order valence-electron chi connectivity index (χ0n) is 16.6. The topological polar surface area (TPSA) is 98.6 Å². The average Bonchev–Trinajstić information content (AvgIpc) is 3.32. The van der Waals surface area contributed by atoms with Crippen molar-refractivity contribution in [2.24, 2.45) is 13.0 Å². The highest BCUT2D eigenvalue weighted by Gasteiger charge is 2.60. The Labute approximate surface area is 165 Å². The van der Waals surface area contributed by atoms with E-state index in [4.69, 9.17) is 4.74 Å². The first kappa shape index (κ1) is 19.4. The van der Waals surface area contributed by atoms with E-state index in [2.05, 4.69) is 12.0 Å². The van der Waals surface area contributed by atoms with Gasteiger partial charge in [0.15, 0.2) is 15.5 Å². The van der Waals surface area contributed by atoms with E-state index in [1.165, 1.54) is 4.68 Å². The number of rotatable bonds is 6. The molecule has 0 unspecified atom stereocenters. The van der Waals surface area contributed by atoms with Crippen LogP contribution in [-0.2, 0) is 28.0 Å². The Morgan fingerprint density at radius 2 is 2.00 bits per heavy atom. The quantitative estimate of drug-likeness (QED) is 0.658. The first-order valence-electron chi connectivity index (χ1n) is 9.96. The molecular formula is C19H27N3O5S. The van der Waals surface area contributed by atoms with Crippen molar-refractivity contribution in [1.29, 1.82) is 0 Å². The summed E-state index contributed by atoms with van der Waals surface area (Å²) < 4.78 is 31.8. The highest BCUT2D eigenvalue weighted by molar-refractivity contribution is 7.93. The van der Waals surface area contributed by atoms with Crippen LogP contribution in [0.4, 0.5) is 0 Å². The van der Waals surface area contributed by atoms with Crippen LogP contribution in [0.2, 0.25) is 0 Å². The van der Waals surface area contributed by atoms with Crippen LogP contribution in [0.15, 0.2) is 0 Å². The molecule has 9 heteroatoms. The summed E-state index contributed by atoms with van der Waals surface area (Å²) in [6.45, 7) is 4.66. The van der Waals surface area contributed by atoms with E-state index < -0.39 is 20.6 Å². The van der Waals surface area contributed by atoms with Gasteiger partial charge in [0.05, 0.1) is 16.6 Å². The van der Waals surface area contributed by atoms with Gasteiger partial charge in [-0.3, -0.25) is 9.48 Å². The fraction of sp³-hybridized carbons (Fsp3) is 0.737. The Morgan fingerprint density at radius 3 is 2.57 bits per heavy atom. The number of nitrogens with zero attached hydrogens (tertiary/aromatic N) is 3. The molecule has 0 N–H and O–H groups in total. The SMILES string of the molecule is CCOC(=O)c1nn(C)c2c1CCN(CC1(S(=O)(=O)C3CC(C)C3)CC1)C2=O. The number of carbonyl (C=O) groups excluding carboxylic acids is 2. The second-order valence-electron chi connectivity index (χ2n) is 8.42. The summed E-state index contributed by atoms with van der Waals surface area (Å²) in [4.78, 5) is 26.8. The van der Waals surface area contributed by atoms with E-state index in [-0.39, 0.29) is 30.0 Å². The lowest BCUT2D eigenvalue weighted by molar-refractivity contribution is 0.0517. The smallest absolute Gasteiger partial charge is 0.359 e. The van der Waals surface area contributed by atoms with Crippen molar-refractivity contribution in [3.05, 3.63) is 17.0 Å². The first-order valence-corrected chi connectivity index (χ1v) is 11.5. The summed E-state index contributed by atoms with van der Waals surface area (Å²) in [5.74, 6) is -0.318. The maximum Gasteiger partial charge on any atom is 0.359 e. The zero-order chi connectivity index (χ0) is 20.3. The molecule has 4 rings (SSSR count). The molecule has 0 bridgehead atoms. The molecule has 2 fully saturated rings. The average molecular weight is 410 g/mol. The Bertz CT molecular complexity index is 926. The summed E-state index contributed by atoms with van der Waals surface area (Å²) >= 11 is 0. The molecule has 8 nitrogen and oxygen atoms in total. The van der Waals surface area contributed by atoms with Crippen LogP contribution in [0.5, 0.6) is 0 Å². The third-order valence-corrected chi connectivity index (χ3v) is 9.40. The number of hydrogen-bond acceptors (Lipinski definition) is 6. The van der Waals surface area contributed by atoms with E-state index in [0.717, 1.165) is 12.8 Å². The highest BCUT2D eigenvalue weighted by Crippen LogP contribution is 2.50. The van der Waals surface area contributed by atoms with E-state index in [0.29, 0.717) is 43.0 Å². The molecule has 1 aromatic heterocycles. The highest BCUT2D eigenvalue weighted by atomic mass is 32.2. The molecule has 0 spiro atoms. The molecule has 154 valence electrons. The number of sulfone groups is 1. The van der Waals surface area contributed by atoms with Crippen LogP contribution in [0.3, 0.4) is 0 Å². The molecule has 1 aliphatic heterocycles. The number of esters is 1. The van der Waals surface area contributed by atoms with Crippen LogP contribution < -0.4 is 0 Å². The van der Waals surface area contributed by atoms with Gasteiger partial charge in [0.2, 0.25) is 0 Å². The van der Waals surface area contributed by atoms with Gasteiger partial charge in [0.1, 0.15) is 5.69 Å². The lowest BCUT2D eigenvalue weighted by atomic mass is 9.87. The van der Waals surface area contributed by atoms with Gasteiger partial charge in [0, 0.05) is 25.7 Å². The number of hydrogen-bond donors (Lipinski definition) is 0. The third-order valence-electron chi connectivity index (χ3n) is 6.40. The normalized spacial score (nSPS) is 25.8. The van der Waals surface area contributed by atoms with Gasteiger partial charge in [-0.15, -0.1) is 0 Å². The van der Waals surface area contributed by atoms with Gasteiger partial charge in [-0.05, 0) is 44.9 Å². The number of amides is 1. The third kappa shape index (κ3) is 2.86. The second kappa shape index (κ2) is 6.57. The number of fused-ring (bicyclic) bond motifs is 1. The number of carbonyl (C=O) groups is 2.